The molecule has 0 fully saturated rings. The number of carbonyl (C=O) groups is 1. The molecule has 3 nitrogen and oxygen atoms in total. The molecule has 0 saturated heterocycles. The third kappa shape index (κ3) is 5.33. The van der Waals surface area contributed by atoms with Gasteiger partial charge in [-0.1, -0.05) is 51.2 Å². The van der Waals surface area contributed by atoms with Crippen molar-refractivity contribution in [3.63, 3.8) is 0 Å². The van der Waals surface area contributed by atoms with E-state index in [0.717, 1.165) is 18.5 Å². The zero-order valence-electron chi connectivity index (χ0n) is 12.2. The Morgan fingerprint density at radius 2 is 1.84 bits per heavy atom. The third-order valence-corrected chi connectivity index (χ3v) is 3.35. The maximum Gasteiger partial charge on any atom is 0.253 e. The lowest BCUT2D eigenvalue weighted by Crippen LogP contribution is -2.26. The Balaban J connectivity index is 2.28. The van der Waals surface area contributed by atoms with Gasteiger partial charge >= 0.3 is 0 Å². The van der Waals surface area contributed by atoms with E-state index >= 15 is 0 Å². The van der Waals surface area contributed by atoms with E-state index in [-0.39, 0.29) is 5.91 Å². The summed E-state index contributed by atoms with van der Waals surface area (Å²) in [5.74, 6) is -0.0517. The van der Waals surface area contributed by atoms with E-state index in [1.54, 1.807) is 6.07 Å². The molecular formula is C16H26N2O. The van der Waals surface area contributed by atoms with Crippen molar-refractivity contribution in [2.24, 2.45) is 0 Å². The van der Waals surface area contributed by atoms with Crippen LogP contribution in [-0.4, -0.2) is 12.5 Å². The number of anilines is 1. The predicted octanol–water partition coefficient (Wildman–Crippen LogP) is 3.67. The monoisotopic (exact) mass is 262 g/mol. The zero-order valence-corrected chi connectivity index (χ0v) is 12.2. The van der Waals surface area contributed by atoms with Gasteiger partial charge in [0.05, 0.1) is 5.56 Å². The van der Waals surface area contributed by atoms with E-state index in [0.29, 0.717) is 11.3 Å². The number of nitrogen functional groups attached to an aromatic ring is 1. The minimum Gasteiger partial charge on any atom is -0.398 e. The van der Waals surface area contributed by atoms with Gasteiger partial charge in [0.1, 0.15) is 0 Å². The standard InChI is InChI=1S/C16H26N2O/c1-3-4-5-6-7-8-12-18-16(19)15-13(2)10-9-11-14(15)17/h9-11H,3-8,12,17H2,1-2H3,(H,18,19). The Hall–Kier alpha value is -1.51. The van der Waals surface area contributed by atoms with Crippen molar-refractivity contribution < 1.29 is 4.79 Å². The van der Waals surface area contributed by atoms with Crippen LogP contribution in [0.3, 0.4) is 0 Å². The first-order chi connectivity index (χ1) is 9.16. The number of benzene rings is 1. The molecule has 0 spiro atoms. The molecule has 0 aliphatic heterocycles. The number of nitrogens with two attached hydrogens (primary N) is 1. The Labute approximate surface area is 116 Å². The van der Waals surface area contributed by atoms with Gasteiger partial charge in [0, 0.05) is 12.2 Å². The van der Waals surface area contributed by atoms with Crippen molar-refractivity contribution in [2.45, 2.75) is 52.4 Å². The molecule has 0 atom stereocenters. The van der Waals surface area contributed by atoms with Crippen molar-refractivity contribution in [3.8, 4) is 0 Å². The van der Waals surface area contributed by atoms with Gasteiger partial charge in [-0.15, -0.1) is 0 Å². The molecule has 3 heteroatoms. The Kier molecular flexibility index (Phi) is 7.01. The van der Waals surface area contributed by atoms with Gasteiger partial charge in [0.2, 0.25) is 0 Å². The van der Waals surface area contributed by atoms with Gasteiger partial charge in [-0.05, 0) is 25.0 Å². The van der Waals surface area contributed by atoms with Crippen LogP contribution in [0.4, 0.5) is 5.69 Å². The Morgan fingerprint density at radius 3 is 2.53 bits per heavy atom. The fourth-order valence-corrected chi connectivity index (χ4v) is 2.20. The van der Waals surface area contributed by atoms with Gasteiger partial charge in [0.25, 0.3) is 5.91 Å². The average Bonchev–Trinajstić information content (AvgIpc) is 2.37. The predicted molar refractivity (Wildman–Crippen MR) is 81.3 cm³/mol. The van der Waals surface area contributed by atoms with Crippen molar-refractivity contribution >= 4 is 11.6 Å². The van der Waals surface area contributed by atoms with Crippen molar-refractivity contribution in [2.75, 3.05) is 12.3 Å². The SMILES string of the molecule is CCCCCCCCNC(=O)c1c(C)cccc1N. The zero-order chi connectivity index (χ0) is 14.1. The normalized spacial score (nSPS) is 10.4. The highest BCUT2D eigenvalue weighted by molar-refractivity contribution is 6.00. The van der Waals surface area contributed by atoms with Crippen molar-refractivity contribution in [1.29, 1.82) is 0 Å². The smallest absolute Gasteiger partial charge is 0.253 e. The van der Waals surface area contributed by atoms with E-state index in [1.807, 2.05) is 19.1 Å². The van der Waals surface area contributed by atoms with Crippen LogP contribution in [0.2, 0.25) is 0 Å². The molecule has 0 heterocycles. The van der Waals surface area contributed by atoms with Crippen LogP contribution in [0.25, 0.3) is 0 Å². The number of amides is 1. The fraction of sp³-hybridized carbons (Fsp3) is 0.562. The maximum atomic E-state index is 12.0. The van der Waals surface area contributed by atoms with E-state index < -0.39 is 0 Å². The molecule has 1 aromatic rings. The van der Waals surface area contributed by atoms with E-state index in [2.05, 4.69) is 12.2 Å². The quantitative estimate of drug-likeness (QED) is 0.555. The second-order valence-corrected chi connectivity index (χ2v) is 5.06. The molecule has 0 unspecified atom stereocenters. The second-order valence-electron chi connectivity index (χ2n) is 5.06. The van der Waals surface area contributed by atoms with Crippen LogP contribution in [0.1, 0.15) is 61.4 Å². The maximum absolute atomic E-state index is 12.0. The average molecular weight is 262 g/mol. The highest BCUT2D eigenvalue weighted by atomic mass is 16.1. The lowest BCUT2D eigenvalue weighted by atomic mass is 10.1. The third-order valence-electron chi connectivity index (χ3n) is 3.35. The summed E-state index contributed by atoms with van der Waals surface area (Å²) in [5, 5.41) is 2.95. The molecule has 0 aromatic heterocycles. The molecular weight excluding hydrogens is 236 g/mol. The first kappa shape index (κ1) is 15.5. The Bertz CT molecular complexity index is 381. The molecule has 1 aromatic carbocycles. The molecule has 0 bridgehead atoms. The molecule has 106 valence electrons. The van der Waals surface area contributed by atoms with Crippen molar-refractivity contribution in [1.82, 2.24) is 5.32 Å². The van der Waals surface area contributed by atoms with Crippen LogP contribution in [0.15, 0.2) is 18.2 Å². The van der Waals surface area contributed by atoms with E-state index in [1.165, 1.54) is 32.1 Å². The summed E-state index contributed by atoms with van der Waals surface area (Å²) < 4.78 is 0. The van der Waals surface area contributed by atoms with Gasteiger partial charge in [-0.3, -0.25) is 4.79 Å². The van der Waals surface area contributed by atoms with Crippen LogP contribution >= 0.6 is 0 Å². The van der Waals surface area contributed by atoms with Crippen LogP contribution in [0, 0.1) is 6.92 Å². The number of hydrogen-bond donors (Lipinski definition) is 2. The molecule has 0 aliphatic rings. The molecule has 1 amide bonds. The van der Waals surface area contributed by atoms with Crippen LogP contribution in [0.5, 0.6) is 0 Å². The highest BCUT2D eigenvalue weighted by Gasteiger charge is 2.11. The number of hydrogen-bond acceptors (Lipinski definition) is 2. The number of rotatable bonds is 8. The van der Waals surface area contributed by atoms with Crippen LogP contribution in [-0.2, 0) is 0 Å². The van der Waals surface area contributed by atoms with Gasteiger partial charge < -0.3 is 11.1 Å². The summed E-state index contributed by atoms with van der Waals surface area (Å²) in [4.78, 5) is 12.0. The van der Waals surface area contributed by atoms with Gasteiger partial charge in [-0.25, -0.2) is 0 Å². The number of aryl methyl sites for hydroxylation is 1. The topological polar surface area (TPSA) is 55.1 Å². The molecule has 0 saturated carbocycles. The summed E-state index contributed by atoms with van der Waals surface area (Å²) in [7, 11) is 0. The molecule has 0 aliphatic carbocycles. The van der Waals surface area contributed by atoms with Crippen LogP contribution < -0.4 is 11.1 Å². The number of unbranched alkanes of at least 4 members (excludes halogenated alkanes) is 5. The lowest BCUT2D eigenvalue weighted by molar-refractivity contribution is 0.0953. The highest BCUT2D eigenvalue weighted by Crippen LogP contribution is 2.15. The van der Waals surface area contributed by atoms with Crippen molar-refractivity contribution in [3.05, 3.63) is 29.3 Å². The van der Waals surface area contributed by atoms with Gasteiger partial charge in [0.15, 0.2) is 0 Å². The molecule has 0 radical (unpaired) electrons. The molecule has 19 heavy (non-hydrogen) atoms. The van der Waals surface area contributed by atoms with Gasteiger partial charge in [-0.2, -0.15) is 0 Å². The number of carbonyl (C=O) groups excluding carboxylic acids is 1. The summed E-state index contributed by atoms with van der Waals surface area (Å²) >= 11 is 0. The first-order valence-electron chi connectivity index (χ1n) is 7.30. The summed E-state index contributed by atoms with van der Waals surface area (Å²) in [6.07, 6.45) is 7.37. The first-order valence-corrected chi connectivity index (χ1v) is 7.30. The van der Waals surface area contributed by atoms with E-state index in [9.17, 15) is 4.79 Å². The molecule has 3 N–H and O–H groups in total. The summed E-state index contributed by atoms with van der Waals surface area (Å²) in [6.45, 7) is 4.86. The largest absolute Gasteiger partial charge is 0.398 e. The summed E-state index contributed by atoms with van der Waals surface area (Å²) in [5.41, 5.74) is 7.95. The minimum atomic E-state index is -0.0517. The van der Waals surface area contributed by atoms with E-state index in [4.69, 9.17) is 5.73 Å². The second kappa shape index (κ2) is 8.57. The fourth-order valence-electron chi connectivity index (χ4n) is 2.20. The summed E-state index contributed by atoms with van der Waals surface area (Å²) in [6, 6.07) is 5.55. The minimum absolute atomic E-state index is 0.0517. The Morgan fingerprint density at radius 1 is 1.16 bits per heavy atom. The lowest BCUT2D eigenvalue weighted by Gasteiger charge is -2.10. The number of nitrogens with one attached hydrogen (secondary N) is 1. The molecule has 1 rings (SSSR count).